The Morgan fingerprint density at radius 3 is 2.63 bits per heavy atom. The van der Waals surface area contributed by atoms with Crippen molar-refractivity contribution < 1.29 is 9.59 Å². The van der Waals surface area contributed by atoms with Crippen LogP contribution in [0.1, 0.15) is 16.6 Å². The molecule has 0 aliphatic carbocycles. The van der Waals surface area contributed by atoms with E-state index in [-0.39, 0.29) is 11.8 Å². The van der Waals surface area contributed by atoms with Crippen molar-refractivity contribution in [3.63, 3.8) is 0 Å². The quantitative estimate of drug-likeness (QED) is 0.881. The highest BCUT2D eigenvalue weighted by Crippen LogP contribution is 2.13. The third kappa shape index (κ3) is 4.04. The van der Waals surface area contributed by atoms with Crippen LogP contribution in [0.25, 0.3) is 0 Å². The maximum Gasteiger partial charge on any atom is 0.264 e. The molecule has 19 heavy (non-hydrogen) atoms. The van der Waals surface area contributed by atoms with Gasteiger partial charge in [-0.15, -0.1) is 11.3 Å². The number of carbonyl (C=O) groups excluding carboxylic acids is 2. The predicted octanol–water partition coefficient (Wildman–Crippen LogP) is 0.642. The summed E-state index contributed by atoms with van der Waals surface area (Å²) in [6, 6.07) is 3.78. The summed E-state index contributed by atoms with van der Waals surface area (Å²) in [5.41, 5.74) is 0. The number of thiophene rings is 1. The normalized spacial score (nSPS) is 16.4. The second kappa shape index (κ2) is 6.68. The molecule has 1 aliphatic heterocycles. The van der Waals surface area contributed by atoms with Gasteiger partial charge in [-0.1, -0.05) is 6.07 Å². The van der Waals surface area contributed by atoms with E-state index in [1.165, 1.54) is 18.3 Å². The fraction of sp³-hybridized carbons (Fsp3) is 0.538. The lowest BCUT2D eigenvalue weighted by Crippen LogP contribution is -2.50. The number of piperazine rings is 1. The minimum atomic E-state index is 0.00603. The van der Waals surface area contributed by atoms with Crippen molar-refractivity contribution in [1.29, 1.82) is 0 Å². The van der Waals surface area contributed by atoms with Crippen molar-refractivity contribution in [2.45, 2.75) is 6.92 Å². The van der Waals surface area contributed by atoms with Crippen LogP contribution in [0.3, 0.4) is 0 Å². The zero-order valence-corrected chi connectivity index (χ0v) is 11.9. The third-order valence-electron chi connectivity index (χ3n) is 3.19. The Morgan fingerprint density at radius 2 is 2.05 bits per heavy atom. The van der Waals surface area contributed by atoms with Gasteiger partial charge in [0.05, 0.1) is 4.88 Å². The lowest BCUT2D eigenvalue weighted by molar-refractivity contribution is -0.119. The maximum atomic E-state index is 12.1. The number of nitrogens with one attached hydrogen (secondary N) is 1. The SMILES string of the molecule is CC(=O)NCCN1CCN(C(=O)c2cccs2)CC1. The third-order valence-corrected chi connectivity index (χ3v) is 4.05. The number of nitrogens with zero attached hydrogens (tertiary/aromatic N) is 2. The fourth-order valence-electron chi connectivity index (χ4n) is 2.12. The van der Waals surface area contributed by atoms with Crippen LogP contribution in [0.15, 0.2) is 17.5 Å². The number of carbonyl (C=O) groups is 2. The Labute approximate surface area is 117 Å². The summed E-state index contributed by atoms with van der Waals surface area (Å²) in [7, 11) is 0. The maximum absolute atomic E-state index is 12.1. The largest absolute Gasteiger partial charge is 0.355 e. The molecule has 0 bridgehead atoms. The summed E-state index contributed by atoms with van der Waals surface area (Å²) < 4.78 is 0. The molecule has 0 aromatic carbocycles. The van der Waals surface area contributed by atoms with Gasteiger partial charge in [0.15, 0.2) is 0 Å². The summed E-state index contributed by atoms with van der Waals surface area (Å²) in [4.78, 5) is 27.9. The average Bonchev–Trinajstić information content (AvgIpc) is 2.92. The van der Waals surface area contributed by atoms with Gasteiger partial charge in [-0.25, -0.2) is 0 Å². The highest BCUT2D eigenvalue weighted by Gasteiger charge is 2.22. The van der Waals surface area contributed by atoms with Crippen LogP contribution in [0, 0.1) is 0 Å². The zero-order chi connectivity index (χ0) is 13.7. The smallest absolute Gasteiger partial charge is 0.264 e. The molecule has 1 aromatic heterocycles. The van der Waals surface area contributed by atoms with Gasteiger partial charge in [-0.2, -0.15) is 0 Å². The molecular weight excluding hydrogens is 262 g/mol. The van der Waals surface area contributed by atoms with Gasteiger partial charge in [0.1, 0.15) is 0 Å². The lowest BCUT2D eigenvalue weighted by Gasteiger charge is -2.34. The first-order chi connectivity index (χ1) is 9.16. The lowest BCUT2D eigenvalue weighted by atomic mass is 10.3. The zero-order valence-electron chi connectivity index (χ0n) is 11.1. The van der Waals surface area contributed by atoms with Crippen molar-refractivity contribution in [3.8, 4) is 0 Å². The van der Waals surface area contributed by atoms with E-state index in [1.54, 1.807) is 0 Å². The molecule has 0 saturated carbocycles. The number of amides is 2. The van der Waals surface area contributed by atoms with E-state index in [2.05, 4.69) is 10.2 Å². The van der Waals surface area contributed by atoms with Crippen molar-refractivity contribution >= 4 is 23.2 Å². The molecule has 1 aromatic rings. The highest BCUT2D eigenvalue weighted by molar-refractivity contribution is 7.12. The summed E-state index contributed by atoms with van der Waals surface area (Å²) in [5, 5.41) is 4.72. The Hall–Kier alpha value is -1.40. The molecular formula is C13H19N3O2S. The topological polar surface area (TPSA) is 52.7 Å². The van der Waals surface area contributed by atoms with Gasteiger partial charge in [0.2, 0.25) is 5.91 Å². The molecule has 0 unspecified atom stereocenters. The molecule has 6 heteroatoms. The summed E-state index contributed by atoms with van der Waals surface area (Å²) in [5.74, 6) is 0.142. The van der Waals surface area contributed by atoms with Crippen LogP contribution < -0.4 is 5.32 Å². The molecule has 2 heterocycles. The molecule has 104 valence electrons. The van der Waals surface area contributed by atoms with Crippen molar-refractivity contribution in [3.05, 3.63) is 22.4 Å². The molecule has 5 nitrogen and oxygen atoms in total. The van der Waals surface area contributed by atoms with Crippen LogP contribution in [-0.2, 0) is 4.79 Å². The van der Waals surface area contributed by atoms with E-state index in [0.29, 0.717) is 6.54 Å². The molecule has 1 fully saturated rings. The monoisotopic (exact) mass is 281 g/mol. The summed E-state index contributed by atoms with van der Waals surface area (Å²) >= 11 is 1.49. The van der Waals surface area contributed by atoms with Crippen molar-refractivity contribution in [1.82, 2.24) is 15.1 Å². The molecule has 2 amide bonds. The minimum Gasteiger partial charge on any atom is -0.355 e. The van der Waals surface area contributed by atoms with Gasteiger partial charge in [0, 0.05) is 46.2 Å². The van der Waals surface area contributed by atoms with Crippen LogP contribution in [0.5, 0.6) is 0 Å². The number of hydrogen-bond donors (Lipinski definition) is 1. The summed E-state index contributed by atoms with van der Waals surface area (Å²) in [6.45, 7) is 6.31. The molecule has 2 rings (SSSR count). The number of hydrogen-bond acceptors (Lipinski definition) is 4. The first-order valence-electron chi connectivity index (χ1n) is 6.46. The van der Waals surface area contributed by atoms with E-state index in [4.69, 9.17) is 0 Å². The fourth-order valence-corrected chi connectivity index (χ4v) is 2.81. The second-order valence-electron chi connectivity index (χ2n) is 4.59. The average molecular weight is 281 g/mol. The molecule has 1 N–H and O–H groups in total. The Bertz CT molecular complexity index is 425. The molecule has 1 saturated heterocycles. The standard InChI is InChI=1S/C13H19N3O2S/c1-11(17)14-4-5-15-6-8-16(9-7-15)13(18)12-3-2-10-19-12/h2-3,10H,4-9H2,1H3,(H,14,17). The summed E-state index contributed by atoms with van der Waals surface area (Å²) in [6.07, 6.45) is 0. The Kier molecular flexibility index (Phi) is 4.93. The first-order valence-corrected chi connectivity index (χ1v) is 7.34. The van der Waals surface area contributed by atoms with Crippen LogP contribution in [0.4, 0.5) is 0 Å². The van der Waals surface area contributed by atoms with Gasteiger partial charge in [-0.05, 0) is 11.4 Å². The van der Waals surface area contributed by atoms with Gasteiger partial charge < -0.3 is 10.2 Å². The van der Waals surface area contributed by atoms with Crippen molar-refractivity contribution in [2.75, 3.05) is 39.3 Å². The molecule has 1 aliphatic rings. The predicted molar refractivity (Wildman–Crippen MR) is 75.3 cm³/mol. The van der Waals surface area contributed by atoms with Gasteiger partial charge in [-0.3, -0.25) is 14.5 Å². The van der Waals surface area contributed by atoms with E-state index in [0.717, 1.165) is 37.6 Å². The van der Waals surface area contributed by atoms with E-state index in [9.17, 15) is 9.59 Å². The minimum absolute atomic E-state index is 0.00603. The van der Waals surface area contributed by atoms with Gasteiger partial charge in [0.25, 0.3) is 5.91 Å². The second-order valence-corrected chi connectivity index (χ2v) is 5.54. The van der Waals surface area contributed by atoms with E-state index < -0.39 is 0 Å². The van der Waals surface area contributed by atoms with Crippen LogP contribution in [0.2, 0.25) is 0 Å². The Morgan fingerprint density at radius 1 is 1.32 bits per heavy atom. The first kappa shape index (κ1) is 14.0. The molecule has 0 radical (unpaired) electrons. The molecule has 0 spiro atoms. The van der Waals surface area contributed by atoms with Gasteiger partial charge >= 0.3 is 0 Å². The number of rotatable bonds is 4. The van der Waals surface area contributed by atoms with Crippen LogP contribution >= 0.6 is 11.3 Å². The molecule has 0 atom stereocenters. The van der Waals surface area contributed by atoms with Crippen molar-refractivity contribution in [2.24, 2.45) is 0 Å². The van der Waals surface area contributed by atoms with Crippen LogP contribution in [-0.4, -0.2) is 60.9 Å². The highest BCUT2D eigenvalue weighted by atomic mass is 32.1. The van der Waals surface area contributed by atoms with E-state index >= 15 is 0 Å². The van der Waals surface area contributed by atoms with E-state index in [1.807, 2.05) is 22.4 Å². The Balaban J connectivity index is 1.73.